The molecule has 1 saturated heterocycles. The highest BCUT2D eigenvalue weighted by Crippen LogP contribution is 2.09. The molecular weight excluding hydrogens is 235 g/mol. The third-order valence-corrected chi connectivity index (χ3v) is 2.62. The molecule has 94 valence electrons. The average molecular weight is 248 g/mol. The van der Waals surface area contributed by atoms with E-state index >= 15 is 0 Å². The van der Waals surface area contributed by atoms with Crippen molar-refractivity contribution in [3.8, 4) is 11.8 Å². The van der Waals surface area contributed by atoms with Crippen molar-refractivity contribution in [2.75, 3.05) is 19.6 Å². The predicted octanol–water partition coefficient (Wildman–Crippen LogP) is 1.09. The van der Waals surface area contributed by atoms with Gasteiger partial charge in [-0.15, -0.1) is 0 Å². The van der Waals surface area contributed by atoms with Crippen LogP contribution in [0.15, 0.2) is 12.1 Å². The standard InChI is InChI=1S/C13H13FN2O2/c1-9-5-10(6-12(15-9)13(17)18)3-2-4-16-7-11(14)8-16/h5-6,11H,4,7-8H2,1H3,(H,17,18). The minimum absolute atomic E-state index is 0.00734. The summed E-state index contributed by atoms with van der Waals surface area (Å²) in [5, 5.41) is 8.86. The van der Waals surface area contributed by atoms with Crippen LogP contribution in [-0.4, -0.2) is 46.8 Å². The maximum absolute atomic E-state index is 12.5. The molecule has 4 nitrogen and oxygen atoms in total. The first kappa shape index (κ1) is 12.5. The molecule has 0 atom stereocenters. The molecule has 1 fully saturated rings. The summed E-state index contributed by atoms with van der Waals surface area (Å²) in [4.78, 5) is 16.6. The zero-order chi connectivity index (χ0) is 13.1. The first-order chi connectivity index (χ1) is 8.54. The summed E-state index contributed by atoms with van der Waals surface area (Å²) in [6.45, 7) is 3.10. The van der Waals surface area contributed by atoms with Gasteiger partial charge in [0.15, 0.2) is 0 Å². The van der Waals surface area contributed by atoms with Crippen LogP contribution < -0.4 is 0 Å². The van der Waals surface area contributed by atoms with Crippen molar-refractivity contribution in [3.63, 3.8) is 0 Å². The number of aryl methyl sites for hydroxylation is 1. The Hall–Kier alpha value is -1.93. The van der Waals surface area contributed by atoms with E-state index in [0.717, 1.165) is 0 Å². The van der Waals surface area contributed by atoms with Crippen LogP contribution in [0.2, 0.25) is 0 Å². The van der Waals surface area contributed by atoms with Gasteiger partial charge in [0, 0.05) is 24.3 Å². The molecule has 0 bridgehead atoms. The minimum atomic E-state index is -1.07. The van der Waals surface area contributed by atoms with Gasteiger partial charge in [-0.1, -0.05) is 11.8 Å². The predicted molar refractivity (Wildman–Crippen MR) is 64.1 cm³/mol. The molecule has 1 aromatic heterocycles. The molecule has 5 heteroatoms. The Kier molecular flexibility index (Phi) is 3.58. The van der Waals surface area contributed by atoms with Crippen molar-refractivity contribution in [2.24, 2.45) is 0 Å². The fourth-order valence-electron chi connectivity index (χ4n) is 1.74. The molecule has 0 aliphatic carbocycles. The lowest BCUT2D eigenvalue weighted by molar-refractivity contribution is 0.0690. The van der Waals surface area contributed by atoms with Gasteiger partial charge in [-0.3, -0.25) is 4.90 Å². The summed E-state index contributed by atoms with van der Waals surface area (Å²) in [5.74, 6) is 4.72. The molecule has 0 amide bonds. The maximum atomic E-state index is 12.5. The first-order valence-electron chi connectivity index (χ1n) is 5.62. The summed E-state index contributed by atoms with van der Waals surface area (Å²) >= 11 is 0. The van der Waals surface area contributed by atoms with Crippen LogP contribution in [0.5, 0.6) is 0 Å². The number of rotatable bonds is 2. The molecule has 18 heavy (non-hydrogen) atoms. The van der Waals surface area contributed by atoms with Crippen molar-refractivity contribution >= 4 is 5.97 Å². The molecule has 1 aromatic rings. The van der Waals surface area contributed by atoms with Gasteiger partial charge in [0.25, 0.3) is 0 Å². The lowest BCUT2D eigenvalue weighted by atomic mass is 10.2. The molecule has 2 rings (SSSR count). The second-order valence-corrected chi connectivity index (χ2v) is 4.28. The number of carboxylic acids is 1. The number of hydrogen-bond acceptors (Lipinski definition) is 3. The number of aromatic nitrogens is 1. The van der Waals surface area contributed by atoms with Gasteiger partial charge in [-0.05, 0) is 19.1 Å². The Bertz CT molecular complexity index is 528. The lowest BCUT2D eigenvalue weighted by Crippen LogP contribution is -2.48. The van der Waals surface area contributed by atoms with E-state index in [2.05, 4.69) is 16.8 Å². The van der Waals surface area contributed by atoms with E-state index in [-0.39, 0.29) is 5.69 Å². The van der Waals surface area contributed by atoms with Crippen LogP contribution in [0.4, 0.5) is 4.39 Å². The highest BCUT2D eigenvalue weighted by atomic mass is 19.1. The van der Waals surface area contributed by atoms with E-state index in [0.29, 0.717) is 30.9 Å². The lowest BCUT2D eigenvalue weighted by Gasteiger charge is -2.32. The first-order valence-corrected chi connectivity index (χ1v) is 5.62. The van der Waals surface area contributed by atoms with Crippen LogP contribution in [0.1, 0.15) is 21.7 Å². The van der Waals surface area contributed by atoms with E-state index < -0.39 is 12.1 Å². The van der Waals surface area contributed by atoms with Crippen molar-refractivity contribution in [3.05, 3.63) is 29.1 Å². The van der Waals surface area contributed by atoms with Crippen molar-refractivity contribution < 1.29 is 14.3 Å². The maximum Gasteiger partial charge on any atom is 0.354 e. The van der Waals surface area contributed by atoms with E-state index in [1.54, 1.807) is 13.0 Å². The summed E-state index contributed by atoms with van der Waals surface area (Å²) in [6.07, 6.45) is -0.728. The van der Waals surface area contributed by atoms with Crippen LogP contribution in [0.3, 0.4) is 0 Å². The van der Waals surface area contributed by atoms with Crippen molar-refractivity contribution in [1.29, 1.82) is 0 Å². The van der Waals surface area contributed by atoms with Gasteiger partial charge in [0.2, 0.25) is 0 Å². The Morgan fingerprint density at radius 2 is 2.33 bits per heavy atom. The Morgan fingerprint density at radius 3 is 2.94 bits per heavy atom. The molecular formula is C13H13FN2O2. The Morgan fingerprint density at radius 1 is 1.61 bits per heavy atom. The van der Waals surface area contributed by atoms with Crippen LogP contribution in [0.25, 0.3) is 0 Å². The number of aromatic carboxylic acids is 1. The highest BCUT2D eigenvalue weighted by molar-refractivity contribution is 5.85. The van der Waals surface area contributed by atoms with Crippen LogP contribution in [-0.2, 0) is 0 Å². The zero-order valence-electron chi connectivity index (χ0n) is 9.98. The number of carboxylic acid groups (broad SMARTS) is 1. The van der Waals surface area contributed by atoms with Gasteiger partial charge < -0.3 is 5.11 Å². The van der Waals surface area contributed by atoms with Gasteiger partial charge in [0.1, 0.15) is 11.9 Å². The number of carbonyl (C=O) groups is 1. The second kappa shape index (κ2) is 5.15. The van der Waals surface area contributed by atoms with Gasteiger partial charge >= 0.3 is 5.97 Å². The average Bonchev–Trinajstić information content (AvgIpc) is 2.25. The third kappa shape index (κ3) is 3.05. The van der Waals surface area contributed by atoms with E-state index in [1.165, 1.54) is 6.07 Å². The van der Waals surface area contributed by atoms with E-state index in [1.807, 2.05) is 4.90 Å². The molecule has 1 aliphatic heterocycles. The summed E-state index contributed by atoms with van der Waals surface area (Å²) in [6, 6.07) is 3.17. The normalized spacial score (nSPS) is 15.7. The summed E-state index contributed by atoms with van der Waals surface area (Å²) < 4.78 is 12.5. The van der Waals surface area contributed by atoms with E-state index in [4.69, 9.17) is 5.11 Å². The zero-order valence-corrected chi connectivity index (χ0v) is 9.98. The smallest absolute Gasteiger partial charge is 0.354 e. The molecule has 1 aliphatic rings. The van der Waals surface area contributed by atoms with Crippen molar-refractivity contribution in [1.82, 2.24) is 9.88 Å². The van der Waals surface area contributed by atoms with Gasteiger partial charge in [-0.25, -0.2) is 14.2 Å². The Labute approximate surface area is 104 Å². The SMILES string of the molecule is Cc1cc(C#CCN2CC(F)C2)cc(C(=O)O)n1. The number of alkyl halides is 1. The van der Waals surface area contributed by atoms with E-state index in [9.17, 15) is 9.18 Å². The molecule has 0 aromatic carbocycles. The third-order valence-electron chi connectivity index (χ3n) is 2.62. The fraction of sp³-hybridized carbons (Fsp3) is 0.385. The molecule has 1 N–H and O–H groups in total. The van der Waals surface area contributed by atoms with Crippen LogP contribution in [0, 0.1) is 18.8 Å². The quantitative estimate of drug-likeness (QED) is 0.796. The number of likely N-dealkylation sites (tertiary alicyclic amines) is 1. The number of hydrogen-bond donors (Lipinski definition) is 1. The largest absolute Gasteiger partial charge is 0.477 e. The van der Waals surface area contributed by atoms with Gasteiger partial charge in [0.05, 0.1) is 6.54 Å². The summed E-state index contributed by atoms with van der Waals surface area (Å²) in [7, 11) is 0. The van der Waals surface area contributed by atoms with Gasteiger partial charge in [-0.2, -0.15) is 0 Å². The summed E-state index contributed by atoms with van der Waals surface area (Å²) in [5.41, 5.74) is 1.23. The molecule has 0 radical (unpaired) electrons. The van der Waals surface area contributed by atoms with Crippen LogP contribution >= 0.6 is 0 Å². The number of pyridine rings is 1. The second-order valence-electron chi connectivity index (χ2n) is 4.28. The Balaban J connectivity index is 2.04. The monoisotopic (exact) mass is 248 g/mol. The highest BCUT2D eigenvalue weighted by Gasteiger charge is 2.24. The molecule has 2 heterocycles. The topological polar surface area (TPSA) is 53.4 Å². The minimum Gasteiger partial charge on any atom is -0.477 e. The number of nitrogens with zero attached hydrogens (tertiary/aromatic N) is 2. The molecule has 0 saturated carbocycles. The van der Waals surface area contributed by atoms with Crippen molar-refractivity contribution in [2.45, 2.75) is 13.1 Å². The molecule has 0 unspecified atom stereocenters. The molecule has 0 spiro atoms. The number of halogens is 1. The fourth-order valence-corrected chi connectivity index (χ4v) is 1.74.